The number of carbonyl (C=O) groups excluding carboxylic acids is 1. The van der Waals surface area contributed by atoms with E-state index in [1.165, 1.54) is 0 Å². The minimum absolute atomic E-state index is 0.0189. The van der Waals surface area contributed by atoms with Crippen LogP contribution in [-0.4, -0.2) is 65.7 Å². The quantitative estimate of drug-likeness (QED) is 0.706. The summed E-state index contributed by atoms with van der Waals surface area (Å²) >= 11 is 0. The van der Waals surface area contributed by atoms with Crippen LogP contribution in [0.5, 0.6) is 5.75 Å². The van der Waals surface area contributed by atoms with Gasteiger partial charge in [0.15, 0.2) is 0 Å². The number of urea groups is 1. The zero-order chi connectivity index (χ0) is 22.0. The smallest absolute Gasteiger partial charge is 0.317 e. The second-order valence-corrected chi connectivity index (χ2v) is 8.74. The Balaban J connectivity index is 0.00000132. The molecule has 1 aliphatic rings. The summed E-state index contributed by atoms with van der Waals surface area (Å²) in [6.07, 6.45) is 1.01. The van der Waals surface area contributed by atoms with Gasteiger partial charge in [-0.05, 0) is 39.2 Å². The Morgan fingerprint density at radius 3 is 2.52 bits per heavy atom. The first kappa shape index (κ1) is 24.8. The molecule has 0 aliphatic carbocycles. The number of ether oxygens (including phenoxy) is 1. The Hall–Kier alpha value is -2.28. The lowest BCUT2D eigenvalue weighted by atomic mass is 10.1. The van der Waals surface area contributed by atoms with Gasteiger partial charge in [-0.2, -0.15) is 0 Å². The third kappa shape index (κ3) is 8.31. The topological polar surface area (TPSA) is 82.1 Å². The van der Waals surface area contributed by atoms with Crippen LogP contribution in [0.15, 0.2) is 24.3 Å². The highest BCUT2D eigenvalue weighted by Gasteiger charge is 2.31. The van der Waals surface area contributed by atoms with Gasteiger partial charge in [-0.15, -0.1) is 0 Å². The van der Waals surface area contributed by atoms with Crippen molar-refractivity contribution in [1.82, 2.24) is 15.1 Å². The molecule has 1 aliphatic heterocycles. The number of amides is 2. The van der Waals surface area contributed by atoms with Crippen molar-refractivity contribution in [2.24, 2.45) is 5.92 Å². The van der Waals surface area contributed by atoms with Crippen LogP contribution in [0, 0.1) is 5.92 Å². The molecule has 1 atom stereocenters. The monoisotopic (exact) mass is 407 g/mol. The fourth-order valence-corrected chi connectivity index (χ4v) is 3.45. The zero-order valence-electron chi connectivity index (χ0n) is 18.6. The van der Waals surface area contributed by atoms with Gasteiger partial charge in [0.2, 0.25) is 0 Å². The molecule has 0 spiro atoms. The average molecular weight is 408 g/mol. The maximum Gasteiger partial charge on any atom is 0.317 e. The van der Waals surface area contributed by atoms with Gasteiger partial charge in [-0.3, -0.25) is 9.69 Å². The second-order valence-electron chi connectivity index (χ2n) is 8.74. The van der Waals surface area contributed by atoms with Gasteiger partial charge < -0.3 is 20.1 Å². The van der Waals surface area contributed by atoms with Gasteiger partial charge in [-0.1, -0.05) is 32.0 Å². The zero-order valence-corrected chi connectivity index (χ0v) is 18.6. The van der Waals surface area contributed by atoms with Crippen LogP contribution in [-0.2, 0) is 11.3 Å². The summed E-state index contributed by atoms with van der Waals surface area (Å²) in [6, 6.07) is 8.14. The number of nitrogens with one attached hydrogen (secondary N) is 1. The molecule has 0 radical (unpaired) electrons. The lowest BCUT2D eigenvalue weighted by molar-refractivity contribution is -0.122. The summed E-state index contributed by atoms with van der Waals surface area (Å²) in [4.78, 5) is 25.7. The van der Waals surface area contributed by atoms with Crippen molar-refractivity contribution in [3.05, 3.63) is 29.8 Å². The van der Waals surface area contributed by atoms with Crippen molar-refractivity contribution >= 4 is 12.5 Å². The van der Waals surface area contributed by atoms with E-state index in [0.29, 0.717) is 12.5 Å². The molecule has 1 fully saturated rings. The molecule has 0 bridgehead atoms. The van der Waals surface area contributed by atoms with Gasteiger partial charge in [0.05, 0.1) is 13.7 Å². The SMILES string of the molecule is COc1ccccc1CN(CC(C)C)C(=O)NC1CCN(C(C)(C)C)C1.O=CO. The summed E-state index contributed by atoms with van der Waals surface area (Å²) in [5, 5.41) is 10.1. The Labute approximate surface area is 175 Å². The lowest BCUT2D eigenvalue weighted by Crippen LogP contribution is -2.48. The number of carboxylic acid groups (broad SMARTS) is 1. The maximum absolute atomic E-state index is 13.0. The molecule has 2 N–H and O–H groups in total. The first-order valence-corrected chi connectivity index (χ1v) is 10.1. The van der Waals surface area contributed by atoms with E-state index >= 15 is 0 Å². The van der Waals surface area contributed by atoms with E-state index < -0.39 is 0 Å². The summed E-state index contributed by atoms with van der Waals surface area (Å²) in [7, 11) is 1.67. The number of nitrogens with zero attached hydrogens (tertiary/aromatic N) is 2. The number of hydrogen-bond acceptors (Lipinski definition) is 4. The third-order valence-corrected chi connectivity index (χ3v) is 4.89. The number of benzene rings is 1. The minimum atomic E-state index is -0.250. The van der Waals surface area contributed by atoms with Crippen LogP contribution >= 0.6 is 0 Å². The summed E-state index contributed by atoms with van der Waals surface area (Å²) in [6.45, 7) is 13.9. The number of likely N-dealkylation sites (tertiary alicyclic amines) is 1. The Bertz CT molecular complexity index is 643. The fraction of sp³-hybridized carbons (Fsp3) is 0.636. The molecule has 1 aromatic rings. The van der Waals surface area contributed by atoms with E-state index in [1.807, 2.05) is 29.2 Å². The third-order valence-electron chi connectivity index (χ3n) is 4.89. The average Bonchev–Trinajstić information content (AvgIpc) is 3.11. The number of para-hydroxylation sites is 1. The van der Waals surface area contributed by atoms with Crippen molar-refractivity contribution in [3.63, 3.8) is 0 Å². The molecule has 2 amide bonds. The highest BCUT2D eigenvalue weighted by molar-refractivity contribution is 5.74. The maximum atomic E-state index is 13.0. The molecular formula is C22H37N3O4. The van der Waals surface area contributed by atoms with Crippen molar-refractivity contribution < 1.29 is 19.4 Å². The number of methoxy groups -OCH3 is 1. The van der Waals surface area contributed by atoms with E-state index in [4.69, 9.17) is 14.6 Å². The number of rotatable bonds is 6. The highest BCUT2D eigenvalue weighted by atomic mass is 16.5. The molecule has 0 aromatic heterocycles. The summed E-state index contributed by atoms with van der Waals surface area (Å²) < 4.78 is 5.45. The van der Waals surface area contributed by atoms with E-state index in [2.05, 4.69) is 44.8 Å². The van der Waals surface area contributed by atoms with Gasteiger partial charge >= 0.3 is 6.03 Å². The largest absolute Gasteiger partial charge is 0.496 e. The molecule has 1 heterocycles. The van der Waals surface area contributed by atoms with E-state index in [0.717, 1.165) is 37.4 Å². The molecule has 1 unspecified atom stereocenters. The van der Waals surface area contributed by atoms with Crippen LogP contribution in [0.3, 0.4) is 0 Å². The second kappa shape index (κ2) is 11.7. The summed E-state index contributed by atoms with van der Waals surface area (Å²) in [5.74, 6) is 1.24. The standard InChI is InChI=1S/C21H35N3O2.CH2O2/c1-16(2)13-23(14-17-9-7-8-10-19(17)26-6)20(25)22-18-11-12-24(15-18)21(3,4)5;2-1-3/h7-10,16,18H,11-15H2,1-6H3,(H,22,25);1H,(H,2,3). The fourth-order valence-electron chi connectivity index (χ4n) is 3.45. The van der Waals surface area contributed by atoms with Crippen molar-refractivity contribution in [3.8, 4) is 5.75 Å². The van der Waals surface area contributed by atoms with Crippen LogP contribution in [0.25, 0.3) is 0 Å². The molecule has 1 saturated heterocycles. The number of carbonyl (C=O) groups is 2. The minimum Gasteiger partial charge on any atom is -0.496 e. The highest BCUT2D eigenvalue weighted by Crippen LogP contribution is 2.22. The number of hydrogen-bond donors (Lipinski definition) is 2. The van der Waals surface area contributed by atoms with Crippen molar-refractivity contribution in [2.45, 2.75) is 59.2 Å². The molecule has 0 saturated carbocycles. The molecule has 1 aromatic carbocycles. The van der Waals surface area contributed by atoms with Crippen molar-refractivity contribution in [2.75, 3.05) is 26.7 Å². The molecule has 29 heavy (non-hydrogen) atoms. The first-order valence-electron chi connectivity index (χ1n) is 10.1. The predicted octanol–water partition coefficient (Wildman–Crippen LogP) is 3.44. The Morgan fingerprint density at radius 1 is 1.38 bits per heavy atom. The molecule has 7 heteroatoms. The Morgan fingerprint density at radius 2 is 2.00 bits per heavy atom. The van der Waals surface area contributed by atoms with Crippen LogP contribution < -0.4 is 10.1 Å². The van der Waals surface area contributed by atoms with Gasteiger partial charge in [-0.25, -0.2) is 4.79 Å². The van der Waals surface area contributed by atoms with Gasteiger partial charge in [0.25, 0.3) is 6.47 Å². The van der Waals surface area contributed by atoms with E-state index in [9.17, 15) is 4.79 Å². The Kier molecular flexibility index (Phi) is 9.95. The molecule has 164 valence electrons. The molecule has 2 rings (SSSR count). The van der Waals surface area contributed by atoms with E-state index in [-0.39, 0.29) is 24.1 Å². The lowest BCUT2D eigenvalue weighted by Gasteiger charge is -2.32. The van der Waals surface area contributed by atoms with Crippen LogP contribution in [0.2, 0.25) is 0 Å². The van der Waals surface area contributed by atoms with Crippen LogP contribution in [0.4, 0.5) is 4.79 Å². The predicted molar refractivity (Wildman–Crippen MR) is 115 cm³/mol. The van der Waals surface area contributed by atoms with Gasteiger partial charge in [0, 0.05) is 36.8 Å². The summed E-state index contributed by atoms with van der Waals surface area (Å²) in [5.41, 5.74) is 1.18. The van der Waals surface area contributed by atoms with E-state index in [1.54, 1.807) is 7.11 Å². The molecule has 7 nitrogen and oxygen atoms in total. The normalized spacial score (nSPS) is 16.7. The van der Waals surface area contributed by atoms with Crippen LogP contribution in [0.1, 0.15) is 46.6 Å². The first-order chi connectivity index (χ1) is 13.6. The van der Waals surface area contributed by atoms with Gasteiger partial charge in [0.1, 0.15) is 5.75 Å². The molecular weight excluding hydrogens is 370 g/mol. The van der Waals surface area contributed by atoms with Crippen molar-refractivity contribution in [1.29, 1.82) is 0 Å².